The van der Waals surface area contributed by atoms with E-state index in [4.69, 9.17) is 10.8 Å². The number of aromatic nitrogens is 1. The summed E-state index contributed by atoms with van der Waals surface area (Å²) < 4.78 is 1.49. The van der Waals surface area contributed by atoms with Gasteiger partial charge in [-0.15, -0.1) is 0 Å². The van der Waals surface area contributed by atoms with Gasteiger partial charge in [0.05, 0.1) is 5.56 Å². The van der Waals surface area contributed by atoms with Gasteiger partial charge in [0.1, 0.15) is 6.17 Å². The molecular weight excluding hydrogens is 250 g/mol. The van der Waals surface area contributed by atoms with Crippen LogP contribution in [0.2, 0.25) is 0 Å². The van der Waals surface area contributed by atoms with Crippen LogP contribution >= 0.6 is 0 Å². The quantitative estimate of drug-likeness (QED) is 0.639. The summed E-state index contributed by atoms with van der Waals surface area (Å²) >= 11 is 0. The van der Waals surface area contributed by atoms with Gasteiger partial charge >= 0.3 is 5.97 Å². The lowest BCUT2D eigenvalue weighted by Gasteiger charge is -2.33. The molecule has 0 radical (unpaired) electrons. The maximum absolute atomic E-state index is 11.2. The van der Waals surface area contributed by atoms with Crippen molar-refractivity contribution >= 4 is 11.9 Å². The Morgan fingerprint density at radius 1 is 1.42 bits per heavy atom. The molecule has 2 atom stereocenters. The van der Waals surface area contributed by atoms with E-state index in [0.29, 0.717) is 13.1 Å². The van der Waals surface area contributed by atoms with E-state index in [0.717, 1.165) is 0 Å². The first-order chi connectivity index (χ1) is 8.92. The zero-order chi connectivity index (χ0) is 14.6. The monoisotopic (exact) mass is 269 g/mol. The van der Waals surface area contributed by atoms with Crippen LogP contribution in [0.25, 0.3) is 0 Å². The van der Waals surface area contributed by atoms with Gasteiger partial charge < -0.3 is 20.5 Å². The smallest absolute Gasteiger partial charge is 0.337 e. The molecule has 0 aromatic carbocycles. The molecule has 19 heavy (non-hydrogen) atoms. The molecule has 106 valence electrons. The summed E-state index contributed by atoms with van der Waals surface area (Å²) in [4.78, 5) is 23.9. The number of nitrogens with zero attached hydrogens (tertiary/aromatic N) is 2. The highest BCUT2D eigenvalue weighted by Gasteiger charge is 2.30. The molecule has 0 saturated carbocycles. The number of aliphatic hydroxyl groups is 1. The molecule has 0 aliphatic carbocycles. The van der Waals surface area contributed by atoms with Gasteiger partial charge in [-0.3, -0.25) is 9.69 Å². The van der Waals surface area contributed by atoms with Crippen molar-refractivity contribution in [2.24, 2.45) is 5.73 Å². The highest BCUT2D eigenvalue weighted by molar-refractivity contribution is 5.87. The fourth-order valence-electron chi connectivity index (χ4n) is 2.00. The number of carboxylic acids is 1. The van der Waals surface area contributed by atoms with Gasteiger partial charge in [0.2, 0.25) is 5.91 Å². The van der Waals surface area contributed by atoms with Crippen molar-refractivity contribution in [2.45, 2.75) is 26.1 Å². The summed E-state index contributed by atoms with van der Waals surface area (Å²) in [5.41, 5.74) is 5.23. The number of primary amides is 1. The summed E-state index contributed by atoms with van der Waals surface area (Å²) in [6.45, 7) is 4.94. The largest absolute Gasteiger partial charge is 0.478 e. The van der Waals surface area contributed by atoms with Gasteiger partial charge in [-0.05, 0) is 19.2 Å². The van der Waals surface area contributed by atoms with E-state index in [1.807, 2.05) is 18.7 Å². The zero-order valence-electron chi connectivity index (χ0n) is 11.0. The maximum Gasteiger partial charge on any atom is 0.337 e. The molecule has 2 unspecified atom stereocenters. The molecule has 0 spiro atoms. The lowest BCUT2D eigenvalue weighted by atomic mass is 10.2. The molecule has 1 heterocycles. The van der Waals surface area contributed by atoms with Gasteiger partial charge in [-0.2, -0.15) is 0 Å². The van der Waals surface area contributed by atoms with E-state index in [2.05, 4.69) is 0 Å². The first-order valence-electron chi connectivity index (χ1n) is 6.04. The van der Waals surface area contributed by atoms with Gasteiger partial charge in [0.25, 0.3) is 0 Å². The van der Waals surface area contributed by atoms with Gasteiger partial charge in [-0.25, -0.2) is 4.79 Å². The van der Waals surface area contributed by atoms with Gasteiger partial charge in [-0.1, -0.05) is 13.8 Å². The summed E-state index contributed by atoms with van der Waals surface area (Å²) in [6, 6.07) is 1.41. The Bertz CT molecular complexity index is 454. The average molecular weight is 269 g/mol. The number of aromatic carboxylic acids is 1. The third-order valence-electron chi connectivity index (χ3n) is 3.03. The molecule has 0 bridgehead atoms. The standard InChI is InChI=1S/C12H19N3O4/c1-3-14(4-2)11(9(16)10(13)17)15-6-5-8(7-15)12(18)19/h5-7,9,11,16H,3-4H2,1-2H3,(H2,13,17)(H,18,19). The number of hydrogen-bond acceptors (Lipinski definition) is 4. The van der Waals surface area contributed by atoms with Crippen molar-refractivity contribution in [3.63, 3.8) is 0 Å². The topological polar surface area (TPSA) is 109 Å². The SMILES string of the molecule is CCN(CC)C(C(O)C(N)=O)n1ccc(C(=O)O)c1. The maximum atomic E-state index is 11.2. The number of carbonyl (C=O) groups excluding carboxylic acids is 1. The first-order valence-corrected chi connectivity index (χ1v) is 6.04. The normalized spacial score (nSPS) is 14.3. The van der Waals surface area contributed by atoms with Crippen LogP contribution in [0.4, 0.5) is 0 Å². The summed E-state index contributed by atoms with van der Waals surface area (Å²) in [7, 11) is 0. The van der Waals surface area contributed by atoms with Crippen LogP contribution in [0.1, 0.15) is 30.4 Å². The van der Waals surface area contributed by atoms with Gasteiger partial charge in [0.15, 0.2) is 6.10 Å². The summed E-state index contributed by atoms with van der Waals surface area (Å²) in [5.74, 6) is -1.91. The molecular formula is C12H19N3O4. The van der Waals surface area contributed by atoms with Crippen molar-refractivity contribution in [2.75, 3.05) is 13.1 Å². The first kappa shape index (κ1) is 15.2. The Morgan fingerprint density at radius 3 is 2.37 bits per heavy atom. The lowest BCUT2D eigenvalue weighted by Crippen LogP contribution is -2.45. The van der Waals surface area contributed by atoms with E-state index < -0.39 is 24.1 Å². The van der Waals surface area contributed by atoms with Crippen LogP contribution in [0.5, 0.6) is 0 Å². The van der Waals surface area contributed by atoms with Crippen molar-refractivity contribution in [3.05, 3.63) is 24.0 Å². The van der Waals surface area contributed by atoms with E-state index in [1.165, 1.54) is 23.0 Å². The number of nitrogens with two attached hydrogens (primary N) is 1. The third kappa shape index (κ3) is 3.33. The van der Waals surface area contributed by atoms with Crippen LogP contribution < -0.4 is 5.73 Å². The predicted molar refractivity (Wildman–Crippen MR) is 68.6 cm³/mol. The molecule has 4 N–H and O–H groups in total. The van der Waals surface area contributed by atoms with Crippen molar-refractivity contribution < 1.29 is 19.8 Å². The third-order valence-corrected chi connectivity index (χ3v) is 3.03. The number of rotatable bonds is 7. The van der Waals surface area contributed by atoms with E-state index in [9.17, 15) is 14.7 Å². The highest BCUT2D eigenvalue weighted by Crippen LogP contribution is 2.19. The second-order valence-electron chi connectivity index (χ2n) is 4.13. The number of hydrogen-bond donors (Lipinski definition) is 3. The minimum Gasteiger partial charge on any atom is -0.478 e. The van der Waals surface area contributed by atoms with E-state index >= 15 is 0 Å². The number of likely N-dealkylation sites (N-methyl/N-ethyl adjacent to an activating group) is 1. The molecule has 7 nitrogen and oxygen atoms in total. The highest BCUT2D eigenvalue weighted by atomic mass is 16.4. The lowest BCUT2D eigenvalue weighted by molar-refractivity contribution is -0.132. The van der Waals surface area contributed by atoms with Crippen molar-refractivity contribution in [3.8, 4) is 0 Å². The Kier molecular flexibility index (Phi) is 5.08. The van der Waals surface area contributed by atoms with Crippen LogP contribution in [-0.4, -0.2) is 50.8 Å². The van der Waals surface area contributed by atoms with Crippen LogP contribution in [0.3, 0.4) is 0 Å². The van der Waals surface area contributed by atoms with E-state index in [-0.39, 0.29) is 5.56 Å². The molecule has 0 saturated heterocycles. The average Bonchev–Trinajstić information content (AvgIpc) is 2.84. The Hall–Kier alpha value is -1.86. The molecule has 0 fully saturated rings. The fourth-order valence-corrected chi connectivity index (χ4v) is 2.00. The molecule has 0 aliphatic heterocycles. The van der Waals surface area contributed by atoms with Crippen molar-refractivity contribution in [1.29, 1.82) is 0 Å². The molecule has 1 aromatic heterocycles. The van der Waals surface area contributed by atoms with Gasteiger partial charge in [0, 0.05) is 12.4 Å². The second kappa shape index (κ2) is 6.35. The number of carbonyl (C=O) groups is 2. The fraction of sp³-hybridized carbons (Fsp3) is 0.500. The minimum absolute atomic E-state index is 0.0915. The summed E-state index contributed by atoms with van der Waals surface area (Å²) in [5, 5.41) is 18.8. The summed E-state index contributed by atoms with van der Waals surface area (Å²) in [6.07, 6.45) is 0.769. The molecule has 1 amide bonds. The molecule has 1 rings (SSSR count). The number of aliphatic hydroxyl groups excluding tert-OH is 1. The van der Waals surface area contributed by atoms with E-state index in [1.54, 1.807) is 0 Å². The number of amides is 1. The predicted octanol–water partition coefficient (Wildman–Crippen LogP) is -0.127. The minimum atomic E-state index is -1.41. The molecule has 7 heteroatoms. The van der Waals surface area contributed by atoms with Crippen LogP contribution in [0, 0.1) is 0 Å². The Morgan fingerprint density at radius 2 is 2.00 bits per heavy atom. The number of carboxylic acid groups (broad SMARTS) is 1. The molecule has 1 aromatic rings. The molecule has 0 aliphatic rings. The Labute approximate surface area is 111 Å². The zero-order valence-corrected chi connectivity index (χ0v) is 11.0. The van der Waals surface area contributed by atoms with Crippen LogP contribution in [-0.2, 0) is 4.79 Å². The van der Waals surface area contributed by atoms with Crippen molar-refractivity contribution in [1.82, 2.24) is 9.47 Å². The Balaban J connectivity index is 3.14. The van der Waals surface area contributed by atoms with Crippen LogP contribution in [0.15, 0.2) is 18.5 Å². The second-order valence-corrected chi connectivity index (χ2v) is 4.13.